The van der Waals surface area contributed by atoms with Crippen molar-refractivity contribution < 1.29 is 9.59 Å². The number of hydrogen-bond acceptors (Lipinski definition) is 6. The zero-order valence-electron chi connectivity index (χ0n) is 11.0. The molecule has 1 atom stereocenters. The second-order valence-electron chi connectivity index (χ2n) is 4.86. The topological polar surface area (TPSA) is 77.6 Å². The molecule has 0 aliphatic carbocycles. The molecule has 0 radical (unpaired) electrons. The van der Waals surface area contributed by atoms with Crippen molar-refractivity contribution in [1.29, 1.82) is 0 Å². The summed E-state index contributed by atoms with van der Waals surface area (Å²) in [5.74, 6) is 0.0198. The molecule has 3 rings (SSSR count). The van der Waals surface area contributed by atoms with Crippen molar-refractivity contribution in [3.05, 3.63) is 11.6 Å². The number of hydrogen-bond donors (Lipinski definition) is 2. The molecule has 108 valence electrons. The van der Waals surface area contributed by atoms with E-state index in [9.17, 15) is 9.59 Å². The molecule has 1 aromatic rings. The molecule has 20 heavy (non-hydrogen) atoms. The summed E-state index contributed by atoms with van der Waals surface area (Å²) < 4.78 is 0. The Kier molecular flexibility index (Phi) is 3.83. The van der Waals surface area contributed by atoms with Crippen molar-refractivity contribution >= 4 is 28.3 Å². The molecule has 1 aromatic heterocycles. The lowest BCUT2D eigenvalue weighted by atomic mass is 10.2. The van der Waals surface area contributed by atoms with Crippen LogP contribution >= 0.6 is 11.3 Å². The Morgan fingerprint density at radius 2 is 2.15 bits per heavy atom. The van der Waals surface area contributed by atoms with Gasteiger partial charge in [0.1, 0.15) is 6.04 Å². The average Bonchev–Trinajstić information content (AvgIpc) is 3.02. The number of piperazine rings is 2. The van der Waals surface area contributed by atoms with Gasteiger partial charge >= 0.3 is 0 Å². The molecule has 0 saturated carbocycles. The molecule has 2 aliphatic rings. The Morgan fingerprint density at radius 1 is 1.35 bits per heavy atom. The summed E-state index contributed by atoms with van der Waals surface area (Å²) in [5, 5.41) is 8.67. The predicted octanol–water partition coefficient (Wildman–Crippen LogP) is -1.12. The molecular weight excluding hydrogens is 278 g/mol. The van der Waals surface area contributed by atoms with Gasteiger partial charge in [-0.1, -0.05) is 0 Å². The molecule has 2 aliphatic heterocycles. The Labute approximate surface area is 121 Å². The predicted molar refractivity (Wildman–Crippen MR) is 75.7 cm³/mol. The lowest BCUT2D eigenvalue weighted by molar-refractivity contribution is -0.135. The van der Waals surface area contributed by atoms with Gasteiger partial charge in [0.2, 0.25) is 11.8 Å². The van der Waals surface area contributed by atoms with Gasteiger partial charge in [0.15, 0.2) is 5.13 Å². The number of carbonyl (C=O) groups excluding carboxylic acids is 2. The van der Waals surface area contributed by atoms with E-state index in [0.29, 0.717) is 19.6 Å². The van der Waals surface area contributed by atoms with Gasteiger partial charge in [0.25, 0.3) is 0 Å². The standard InChI is InChI=1S/C12H17N5O2S/c18-10-8-14-9(7-15-10)11(19)16-2-4-17(5-3-16)12-13-1-6-20-12/h1,6,9,14H,2-5,7-8H2,(H,15,18). The molecule has 7 nitrogen and oxygen atoms in total. The van der Waals surface area contributed by atoms with Crippen molar-refractivity contribution in [2.24, 2.45) is 0 Å². The highest BCUT2D eigenvalue weighted by Gasteiger charge is 2.30. The van der Waals surface area contributed by atoms with Crippen LogP contribution in [0.25, 0.3) is 0 Å². The Hall–Kier alpha value is -1.67. The molecule has 1 unspecified atom stereocenters. The zero-order valence-corrected chi connectivity index (χ0v) is 11.9. The van der Waals surface area contributed by atoms with E-state index in [4.69, 9.17) is 0 Å². The van der Waals surface area contributed by atoms with Crippen LogP contribution in [0.2, 0.25) is 0 Å². The SMILES string of the molecule is O=C1CNC(C(=O)N2CCN(c3nccs3)CC2)CN1. The molecule has 0 aromatic carbocycles. The average molecular weight is 295 g/mol. The summed E-state index contributed by atoms with van der Waals surface area (Å²) in [6, 6.07) is -0.292. The first-order valence-corrected chi connectivity index (χ1v) is 7.55. The summed E-state index contributed by atoms with van der Waals surface area (Å²) >= 11 is 1.62. The maximum Gasteiger partial charge on any atom is 0.241 e. The number of thiazole rings is 1. The monoisotopic (exact) mass is 295 g/mol. The first kappa shape index (κ1) is 13.3. The molecule has 2 amide bonds. The number of aromatic nitrogens is 1. The van der Waals surface area contributed by atoms with E-state index < -0.39 is 0 Å². The van der Waals surface area contributed by atoms with Crippen LogP contribution in [0.1, 0.15) is 0 Å². The van der Waals surface area contributed by atoms with Crippen LogP contribution in [0.4, 0.5) is 5.13 Å². The highest BCUT2D eigenvalue weighted by molar-refractivity contribution is 7.13. The Bertz CT molecular complexity index is 474. The number of amides is 2. The summed E-state index contributed by atoms with van der Waals surface area (Å²) in [6.07, 6.45) is 1.80. The molecule has 0 spiro atoms. The van der Waals surface area contributed by atoms with E-state index in [0.717, 1.165) is 18.2 Å². The number of nitrogens with one attached hydrogen (secondary N) is 2. The lowest BCUT2D eigenvalue weighted by Crippen LogP contribution is -2.61. The number of nitrogens with zero attached hydrogens (tertiary/aromatic N) is 3. The number of anilines is 1. The zero-order chi connectivity index (χ0) is 13.9. The highest BCUT2D eigenvalue weighted by atomic mass is 32.1. The minimum Gasteiger partial charge on any atom is -0.353 e. The highest BCUT2D eigenvalue weighted by Crippen LogP contribution is 2.19. The van der Waals surface area contributed by atoms with Gasteiger partial charge in [-0.3, -0.25) is 14.9 Å². The third-order valence-electron chi connectivity index (χ3n) is 3.59. The van der Waals surface area contributed by atoms with Crippen LogP contribution in [0.15, 0.2) is 11.6 Å². The smallest absolute Gasteiger partial charge is 0.241 e. The van der Waals surface area contributed by atoms with Crippen LogP contribution in [0.3, 0.4) is 0 Å². The van der Waals surface area contributed by atoms with Crippen molar-refractivity contribution in [1.82, 2.24) is 20.5 Å². The summed E-state index contributed by atoms with van der Waals surface area (Å²) in [7, 11) is 0. The third kappa shape index (κ3) is 2.75. The normalized spacial score (nSPS) is 23.6. The second kappa shape index (κ2) is 5.76. The van der Waals surface area contributed by atoms with Gasteiger partial charge in [0, 0.05) is 44.3 Å². The fourth-order valence-corrected chi connectivity index (χ4v) is 3.15. The van der Waals surface area contributed by atoms with Crippen molar-refractivity contribution in [3.63, 3.8) is 0 Å². The van der Waals surface area contributed by atoms with E-state index in [1.54, 1.807) is 17.5 Å². The van der Waals surface area contributed by atoms with Crippen LogP contribution in [0, 0.1) is 0 Å². The second-order valence-corrected chi connectivity index (χ2v) is 5.74. The fourth-order valence-electron chi connectivity index (χ4n) is 2.45. The fraction of sp³-hybridized carbons (Fsp3) is 0.583. The Morgan fingerprint density at radius 3 is 2.75 bits per heavy atom. The summed E-state index contributed by atoms with van der Waals surface area (Å²) in [6.45, 7) is 3.60. The van der Waals surface area contributed by atoms with Crippen molar-refractivity contribution in [2.75, 3.05) is 44.2 Å². The van der Waals surface area contributed by atoms with E-state index >= 15 is 0 Å². The molecule has 8 heteroatoms. The van der Waals surface area contributed by atoms with Gasteiger partial charge in [-0.2, -0.15) is 0 Å². The largest absolute Gasteiger partial charge is 0.353 e. The first-order chi connectivity index (χ1) is 9.74. The van der Waals surface area contributed by atoms with Gasteiger partial charge < -0.3 is 15.1 Å². The summed E-state index contributed by atoms with van der Waals surface area (Å²) in [4.78, 5) is 31.8. The van der Waals surface area contributed by atoms with E-state index in [2.05, 4.69) is 20.5 Å². The first-order valence-electron chi connectivity index (χ1n) is 6.67. The van der Waals surface area contributed by atoms with E-state index in [1.807, 2.05) is 10.3 Å². The van der Waals surface area contributed by atoms with Crippen LogP contribution in [-0.4, -0.2) is 67.0 Å². The van der Waals surface area contributed by atoms with Gasteiger partial charge in [0.05, 0.1) is 6.54 Å². The third-order valence-corrected chi connectivity index (χ3v) is 4.42. The lowest BCUT2D eigenvalue weighted by Gasteiger charge is -2.37. The minimum absolute atomic E-state index is 0.0531. The van der Waals surface area contributed by atoms with E-state index in [1.165, 1.54) is 0 Å². The summed E-state index contributed by atoms with van der Waals surface area (Å²) in [5.41, 5.74) is 0. The number of carbonyl (C=O) groups is 2. The van der Waals surface area contributed by atoms with Crippen LogP contribution < -0.4 is 15.5 Å². The van der Waals surface area contributed by atoms with Gasteiger partial charge in [-0.05, 0) is 0 Å². The van der Waals surface area contributed by atoms with Crippen LogP contribution in [0.5, 0.6) is 0 Å². The quantitative estimate of drug-likeness (QED) is 0.723. The van der Waals surface area contributed by atoms with Crippen molar-refractivity contribution in [3.8, 4) is 0 Å². The maximum atomic E-state index is 12.3. The van der Waals surface area contributed by atoms with Crippen molar-refractivity contribution in [2.45, 2.75) is 6.04 Å². The molecule has 3 heterocycles. The van der Waals surface area contributed by atoms with Gasteiger partial charge in [-0.25, -0.2) is 4.98 Å². The molecular formula is C12H17N5O2S. The van der Waals surface area contributed by atoms with Gasteiger partial charge in [-0.15, -0.1) is 11.3 Å². The molecule has 2 N–H and O–H groups in total. The molecule has 2 saturated heterocycles. The van der Waals surface area contributed by atoms with Crippen LogP contribution in [-0.2, 0) is 9.59 Å². The van der Waals surface area contributed by atoms with E-state index in [-0.39, 0.29) is 24.4 Å². The molecule has 0 bridgehead atoms. The minimum atomic E-state index is -0.292. The number of rotatable bonds is 2. The molecule has 2 fully saturated rings. The Balaban J connectivity index is 1.52. The maximum absolute atomic E-state index is 12.3.